The summed E-state index contributed by atoms with van der Waals surface area (Å²) in [5.74, 6) is 0.304. The number of Topliss-reactive ketones (excluding diaryl/α,β-unsaturated/α-hetero) is 1. The third-order valence-corrected chi connectivity index (χ3v) is 6.97. The number of thiophene rings is 3. The van der Waals surface area contributed by atoms with Crippen molar-refractivity contribution in [3.8, 4) is 21.6 Å². The molecule has 3 rings (SSSR count). The summed E-state index contributed by atoms with van der Waals surface area (Å²) in [4.78, 5) is 14.8. The largest absolute Gasteiger partial charge is 0.293 e. The van der Waals surface area contributed by atoms with Crippen molar-refractivity contribution in [1.29, 1.82) is 0 Å². The Balaban J connectivity index is 1.70. The Kier molecular flexibility index (Phi) is 7.02. The van der Waals surface area contributed by atoms with Crippen LogP contribution in [0.15, 0.2) is 39.7 Å². The second kappa shape index (κ2) is 9.46. The molecule has 132 valence electrons. The van der Waals surface area contributed by atoms with Gasteiger partial charge in [0.05, 0.1) is 4.88 Å². The van der Waals surface area contributed by atoms with Gasteiger partial charge in [-0.15, -0.1) is 11.3 Å². The maximum absolute atomic E-state index is 12.7. The molecular formula is C21H24OS3. The minimum Gasteiger partial charge on any atom is -0.293 e. The van der Waals surface area contributed by atoms with Crippen LogP contribution in [0.25, 0.3) is 21.6 Å². The van der Waals surface area contributed by atoms with Crippen LogP contribution in [0.5, 0.6) is 0 Å². The molecule has 0 aliphatic rings. The molecule has 0 aromatic carbocycles. The van der Waals surface area contributed by atoms with E-state index >= 15 is 0 Å². The Bertz CT molecular complexity index is 715. The third kappa shape index (κ3) is 4.90. The van der Waals surface area contributed by atoms with Gasteiger partial charge in [0, 0.05) is 22.4 Å². The summed E-state index contributed by atoms with van der Waals surface area (Å²) in [6.45, 7) is 2.23. The van der Waals surface area contributed by atoms with Crippen LogP contribution in [0.4, 0.5) is 0 Å². The van der Waals surface area contributed by atoms with E-state index in [1.807, 2.05) is 0 Å². The summed E-state index contributed by atoms with van der Waals surface area (Å²) in [7, 11) is 0. The minimum absolute atomic E-state index is 0.304. The normalized spacial score (nSPS) is 11.1. The van der Waals surface area contributed by atoms with Gasteiger partial charge in [0.15, 0.2) is 5.78 Å². The van der Waals surface area contributed by atoms with Crippen LogP contribution < -0.4 is 0 Å². The highest BCUT2D eigenvalue weighted by Crippen LogP contribution is 2.41. The molecule has 0 atom stereocenters. The van der Waals surface area contributed by atoms with Gasteiger partial charge < -0.3 is 0 Å². The van der Waals surface area contributed by atoms with Gasteiger partial charge in [-0.05, 0) is 51.7 Å². The smallest absolute Gasteiger partial charge is 0.172 e. The average molecular weight is 389 g/mol. The SMILES string of the molecule is CCCCCCCCC(=O)c1cc(-c2ccsc2)c(-c2ccsc2)s1. The lowest BCUT2D eigenvalue weighted by Crippen LogP contribution is -1.95. The minimum atomic E-state index is 0.304. The van der Waals surface area contributed by atoms with Crippen molar-refractivity contribution in [3.05, 3.63) is 44.6 Å². The molecule has 0 amide bonds. The standard InChI is InChI=1S/C21H24OS3/c1-2-3-4-5-6-7-8-19(22)20-13-18(16-9-11-23-14-16)21(25-20)17-10-12-24-15-17/h9-15H,2-8H2,1H3. The van der Waals surface area contributed by atoms with E-state index in [0.29, 0.717) is 12.2 Å². The summed E-state index contributed by atoms with van der Waals surface area (Å²) < 4.78 is 0. The molecule has 0 saturated heterocycles. The summed E-state index contributed by atoms with van der Waals surface area (Å²) in [6.07, 6.45) is 8.00. The highest BCUT2D eigenvalue weighted by Gasteiger charge is 2.17. The molecule has 25 heavy (non-hydrogen) atoms. The molecule has 0 aliphatic carbocycles. The second-order valence-corrected chi connectivity index (χ2v) is 8.93. The molecule has 3 aromatic rings. The van der Waals surface area contributed by atoms with Gasteiger partial charge in [0.1, 0.15) is 0 Å². The Labute approximate surface area is 162 Å². The van der Waals surface area contributed by atoms with Crippen LogP contribution in [0.2, 0.25) is 0 Å². The summed E-state index contributed by atoms with van der Waals surface area (Å²) in [6, 6.07) is 6.40. The van der Waals surface area contributed by atoms with Crippen molar-refractivity contribution < 1.29 is 4.79 Å². The van der Waals surface area contributed by atoms with E-state index < -0.39 is 0 Å². The monoisotopic (exact) mass is 388 g/mol. The number of carbonyl (C=O) groups is 1. The predicted molar refractivity (Wildman–Crippen MR) is 113 cm³/mol. The number of unbranched alkanes of at least 4 members (excludes halogenated alkanes) is 5. The van der Waals surface area contributed by atoms with Crippen molar-refractivity contribution in [2.24, 2.45) is 0 Å². The molecule has 0 spiro atoms. The first-order chi connectivity index (χ1) is 12.3. The third-order valence-electron chi connectivity index (χ3n) is 4.38. The van der Waals surface area contributed by atoms with E-state index in [0.717, 1.165) is 11.3 Å². The zero-order chi connectivity index (χ0) is 17.5. The highest BCUT2D eigenvalue weighted by molar-refractivity contribution is 7.18. The van der Waals surface area contributed by atoms with Crippen molar-refractivity contribution in [1.82, 2.24) is 0 Å². The van der Waals surface area contributed by atoms with Crippen molar-refractivity contribution in [2.75, 3.05) is 0 Å². The van der Waals surface area contributed by atoms with Gasteiger partial charge in [-0.2, -0.15) is 22.7 Å². The lowest BCUT2D eigenvalue weighted by molar-refractivity contribution is 0.0983. The molecule has 0 bridgehead atoms. The zero-order valence-corrected chi connectivity index (χ0v) is 17.1. The van der Waals surface area contributed by atoms with E-state index in [1.165, 1.54) is 53.7 Å². The molecule has 0 fully saturated rings. The van der Waals surface area contributed by atoms with Gasteiger partial charge in [0.2, 0.25) is 0 Å². The van der Waals surface area contributed by atoms with Gasteiger partial charge in [-0.1, -0.05) is 39.0 Å². The molecule has 0 aliphatic heterocycles. The summed E-state index contributed by atoms with van der Waals surface area (Å²) in [5, 5.41) is 8.54. The van der Waals surface area contributed by atoms with E-state index in [4.69, 9.17) is 0 Å². The van der Waals surface area contributed by atoms with Gasteiger partial charge >= 0.3 is 0 Å². The zero-order valence-electron chi connectivity index (χ0n) is 14.6. The molecule has 3 aromatic heterocycles. The van der Waals surface area contributed by atoms with Crippen LogP contribution in [0.1, 0.15) is 61.5 Å². The number of hydrogen-bond acceptors (Lipinski definition) is 4. The fourth-order valence-corrected chi connectivity index (χ4v) is 5.48. The van der Waals surface area contributed by atoms with E-state index in [2.05, 4.69) is 46.6 Å². The van der Waals surface area contributed by atoms with Crippen LogP contribution in [0, 0.1) is 0 Å². The maximum atomic E-state index is 12.7. The Morgan fingerprint density at radius 3 is 2.28 bits per heavy atom. The maximum Gasteiger partial charge on any atom is 0.172 e. The van der Waals surface area contributed by atoms with Crippen molar-refractivity contribution in [3.63, 3.8) is 0 Å². The average Bonchev–Trinajstić information content (AvgIpc) is 3.37. The van der Waals surface area contributed by atoms with Crippen LogP contribution in [-0.2, 0) is 0 Å². The first kappa shape index (κ1) is 18.6. The Morgan fingerprint density at radius 2 is 1.60 bits per heavy atom. The molecule has 0 N–H and O–H groups in total. The number of hydrogen-bond donors (Lipinski definition) is 0. The number of carbonyl (C=O) groups excluding carboxylic acids is 1. The van der Waals surface area contributed by atoms with Crippen molar-refractivity contribution >= 4 is 39.8 Å². The lowest BCUT2D eigenvalue weighted by atomic mass is 10.0. The van der Waals surface area contributed by atoms with Gasteiger partial charge in [-0.25, -0.2) is 0 Å². The van der Waals surface area contributed by atoms with Crippen LogP contribution in [0.3, 0.4) is 0 Å². The van der Waals surface area contributed by atoms with Crippen molar-refractivity contribution in [2.45, 2.75) is 51.9 Å². The second-order valence-electron chi connectivity index (χ2n) is 6.32. The highest BCUT2D eigenvalue weighted by atomic mass is 32.1. The van der Waals surface area contributed by atoms with Crippen LogP contribution >= 0.6 is 34.0 Å². The number of rotatable bonds is 10. The molecule has 0 unspecified atom stereocenters. The van der Waals surface area contributed by atoms with E-state index in [-0.39, 0.29) is 0 Å². The number of ketones is 1. The molecule has 0 radical (unpaired) electrons. The quantitative estimate of drug-likeness (QED) is 0.253. The Hall–Kier alpha value is -1.23. The molecule has 4 heteroatoms. The molecule has 3 heterocycles. The first-order valence-corrected chi connectivity index (χ1v) is 11.7. The fourth-order valence-electron chi connectivity index (χ4n) is 2.96. The van der Waals surface area contributed by atoms with Gasteiger partial charge in [0.25, 0.3) is 0 Å². The molecule has 1 nitrogen and oxygen atoms in total. The summed E-state index contributed by atoms with van der Waals surface area (Å²) in [5.41, 5.74) is 3.66. The van der Waals surface area contributed by atoms with E-state index in [9.17, 15) is 4.79 Å². The fraction of sp³-hybridized carbons (Fsp3) is 0.381. The lowest BCUT2D eigenvalue weighted by Gasteiger charge is -1.99. The van der Waals surface area contributed by atoms with Gasteiger partial charge in [-0.3, -0.25) is 4.79 Å². The first-order valence-electron chi connectivity index (χ1n) is 9.01. The molecule has 0 saturated carbocycles. The molecular weight excluding hydrogens is 364 g/mol. The van der Waals surface area contributed by atoms with Crippen LogP contribution in [-0.4, -0.2) is 5.78 Å². The van der Waals surface area contributed by atoms with E-state index in [1.54, 1.807) is 34.0 Å². The Morgan fingerprint density at radius 1 is 0.920 bits per heavy atom. The topological polar surface area (TPSA) is 17.1 Å². The predicted octanol–water partition coefficient (Wildman–Crippen LogP) is 8.14. The summed E-state index contributed by atoms with van der Waals surface area (Å²) >= 11 is 5.07.